The van der Waals surface area contributed by atoms with Crippen molar-refractivity contribution in [2.75, 3.05) is 13.2 Å². The first-order valence-electron chi connectivity index (χ1n) is 7.12. The van der Waals surface area contributed by atoms with E-state index in [1.54, 1.807) is 0 Å². The summed E-state index contributed by atoms with van der Waals surface area (Å²) < 4.78 is 4.98. The summed E-state index contributed by atoms with van der Waals surface area (Å²) in [6.07, 6.45) is 8.47. The normalized spacial score (nSPS) is 11.3. The van der Waals surface area contributed by atoms with Crippen LogP contribution in [0.4, 0.5) is 0 Å². The van der Waals surface area contributed by atoms with Gasteiger partial charge in [0.1, 0.15) is 6.61 Å². The Labute approximate surface area is 112 Å². The molecule has 0 rings (SSSR count). The molecule has 0 aliphatic heterocycles. The van der Waals surface area contributed by atoms with Gasteiger partial charge in [0.25, 0.3) is 0 Å². The van der Waals surface area contributed by atoms with Crippen LogP contribution in [0.25, 0.3) is 0 Å². The zero-order valence-corrected chi connectivity index (χ0v) is 12.3. The molecule has 0 aromatic rings. The summed E-state index contributed by atoms with van der Waals surface area (Å²) in [5, 5.41) is 3.53. The molecule has 0 aromatic heterocycles. The molecular formula is C15H29NO2. The molecule has 0 heterocycles. The van der Waals surface area contributed by atoms with E-state index in [0.29, 0.717) is 13.2 Å². The number of ether oxygens (including phenoxy) is 1. The van der Waals surface area contributed by atoms with Gasteiger partial charge in [0.05, 0.1) is 0 Å². The lowest BCUT2D eigenvalue weighted by Gasteiger charge is -2.31. The third-order valence-corrected chi connectivity index (χ3v) is 3.23. The number of hydrogen-bond acceptors (Lipinski definition) is 3. The standard InChI is InChI=1S/C15H29NO2/c1-5-8-10-15(4,11-9-6-2)16-12-13-18-14(17)7-3/h7,16H,3,5-6,8-13H2,1-2,4H3. The zero-order valence-electron chi connectivity index (χ0n) is 12.3. The van der Waals surface area contributed by atoms with Gasteiger partial charge in [-0.3, -0.25) is 0 Å². The lowest BCUT2D eigenvalue weighted by Crippen LogP contribution is -2.44. The maximum atomic E-state index is 10.9. The van der Waals surface area contributed by atoms with Crippen LogP contribution < -0.4 is 5.32 Å². The fraction of sp³-hybridized carbons (Fsp3) is 0.800. The van der Waals surface area contributed by atoms with Crippen molar-refractivity contribution < 1.29 is 9.53 Å². The van der Waals surface area contributed by atoms with Crippen LogP contribution in [-0.2, 0) is 9.53 Å². The third kappa shape index (κ3) is 8.29. The molecule has 0 radical (unpaired) electrons. The van der Waals surface area contributed by atoms with Gasteiger partial charge in [0, 0.05) is 18.2 Å². The molecule has 0 saturated heterocycles. The van der Waals surface area contributed by atoms with Gasteiger partial charge in [0.2, 0.25) is 0 Å². The van der Waals surface area contributed by atoms with Gasteiger partial charge in [-0.2, -0.15) is 0 Å². The molecule has 0 amide bonds. The minimum absolute atomic E-state index is 0.173. The van der Waals surface area contributed by atoms with E-state index in [1.165, 1.54) is 44.6 Å². The minimum Gasteiger partial charge on any atom is -0.461 e. The van der Waals surface area contributed by atoms with E-state index in [0.717, 1.165) is 0 Å². The Hall–Kier alpha value is -0.830. The molecule has 106 valence electrons. The summed E-state index contributed by atoms with van der Waals surface area (Å²) in [6.45, 7) is 11.2. The van der Waals surface area contributed by atoms with E-state index in [-0.39, 0.29) is 11.5 Å². The molecule has 1 N–H and O–H groups in total. The molecule has 0 fully saturated rings. The van der Waals surface area contributed by atoms with Gasteiger partial charge < -0.3 is 10.1 Å². The van der Waals surface area contributed by atoms with Crippen molar-refractivity contribution in [3.05, 3.63) is 12.7 Å². The predicted octanol–water partition coefficient (Wildman–Crippen LogP) is 3.44. The van der Waals surface area contributed by atoms with Crippen LogP contribution in [0.2, 0.25) is 0 Å². The van der Waals surface area contributed by atoms with Crippen LogP contribution >= 0.6 is 0 Å². The molecule has 0 aromatic carbocycles. The fourth-order valence-corrected chi connectivity index (χ4v) is 2.00. The van der Waals surface area contributed by atoms with Crippen molar-refractivity contribution in [3.63, 3.8) is 0 Å². The first-order valence-corrected chi connectivity index (χ1v) is 7.12. The Morgan fingerprint density at radius 2 is 1.83 bits per heavy atom. The number of nitrogens with one attached hydrogen (secondary N) is 1. The number of rotatable bonds is 11. The number of hydrogen-bond donors (Lipinski definition) is 1. The molecule has 0 aliphatic carbocycles. The van der Waals surface area contributed by atoms with Gasteiger partial charge >= 0.3 is 5.97 Å². The highest BCUT2D eigenvalue weighted by Crippen LogP contribution is 2.20. The predicted molar refractivity (Wildman–Crippen MR) is 76.6 cm³/mol. The van der Waals surface area contributed by atoms with Crippen LogP contribution in [0, 0.1) is 0 Å². The minimum atomic E-state index is -0.347. The van der Waals surface area contributed by atoms with E-state index in [2.05, 4.69) is 32.7 Å². The highest BCUT2D eigenvalue weighted by molar-refractivity contribution is 5.81. The largest absolute Gasteiger partial charge is 0.461 e. The van der Waals surface area contributed by atoms with Crippen LogP contribution in [-0.4, -0.2) is 24.7 Å². The average molecular weight is 255 g/mol. The van der Waals surface area contributed by atoms with Gasteiger partial charge in [0.15, 0.2) is 0 Å². The smallest absolute Gasteiger partial charge is 0.330 e. The molecule has 18 heavy (non-hydrogen) atoms. The van der Waals surface area contributed by atoms with Crippen LogP contribution in [0.15, 0.2) is 12.7 Å². The Bertz CT molecular complexity index is 231. The second kappa shape index (κ2) is 10.1. The third-order valence-electron chi connectivity index (χ3n) is 3.23. The van der Waals surface area contributed by atoms with Gasteiger partial charge in [-0.05, 0) is 19.8 Å². The van der Waals surface area contributed by atoms with E-state index in [9.17, 15) is 4.79 Å². The second-order valence-corrected chi connectivity index (χ2v) is 5.07. The monoisotopic (exact) mass is 255 g/mol. The molecule has 3 nitrogen and oxygen atoms in total. The molecular weight excluding hydrogens is 226 g/mol. The Kier molecular flexibility index (Phi) is 9.66. The van der Waals surface area contributed by atoms with Crippen LogP contribution in [0.1, 0.15) is 59.3 Å². The highest BCUT2D eigenvalue weighted by atomic mass is 16.5. The van der Waals surface area contributed by atoms with E-state index < -0.39 is 0 Å². The Balaban J connectivity index is 3.98. The maximum Gasteiger partial charge on any atom is 0.330 e. The summed E-state index contributed by atoms with van der Waals surface area (Å²) in [4.78, 5) is 10.9. The summed E-state index contributed by atoms with van der Waals surface area (Å²) in [7, 11) is 0. The molecule has 0 aliphatic rings. The number of unbranched alkanes of at least 4 members (excludes halogenated alkanes) is 2. The molecule has 0 saturated carbocycles. The van der Waals surface area contributed by atoms with Crippen molar-refractivity contribution in [2.24, 2.45) is 0 Å². The van der Waals surface area contributed by atoms with Crippen molar-refractivity contribution in [3.8, 4) is 0 Å². The first kappa shape index (κ1) is 17.2. The highest BCUT2D eigenvalue weighted by Gasteiger charge is 2.21. The topological polar surface area (TPSA) is 38.3 Å². The summed E-state index contributed by atoms with van der Waals surface area (Å²) in [6, 6.07) is 0. The Morgan fingerprint density at radius 1 is 1.28 bits per heavy atom. The van der Waals surface area contributed by atoms with Crippen molar-refractivity contribution >= 4 is 5.97 Å². The summed E-state index contributed by atoms with van der Waals surface area (Å²) in [5.41, 5.74) is 0.173. The zero-order chi connectivity index (χ0) is 13.9. The molecule has 0 bridgehead atoms. The average Bonchev–Trinajstić information content (AvgIpc) is 2.39. The van der Waals surface area contributed by atoms with Crippen LogP contribution in [0.3, 0.4) is 0 Å². The summed E-state index contributed by atoms with van der Waals surface area (Å²) in [5.74, 6) is -0.347. The van der Waals surface area contributed by atoms with E-state index in [1.807, 2.05) is 0 Å². The lowest BCUT2D eigenvalue weighted by molar-refractivity contribution is -0.137. The lowest BCUT2D eigenvalue weighted by atomic mass is 9.89. The van der Waals surface area contributed by atoms with E-state index in [4.69, 9.17) is 4.74 Å². The molecule has 0 atom stereocenters. The van der Waals surface area contributed by atoms with Crippen molar-refractivity contribution in [2.45, 2.75) is 64.8 Å². The Morgan fingerprint density at radius 3 is 2.28 bits per heavy atom. The quantitative estimate of drug-likeness (QED) is 0.349. The second-order valence-electron chi connectivity index (χ2n) is 5.07. The first-order chi connectivity index (χ1) is 8.58. The molecule has 3 heteroatoms. The number of carbonyl (C=O) groups is 1. The van der Waals surface area contributed by atoms with Crippen LogP contribution in [0.5, 0.6) is 0 Å². The molecule has 0 unspecified atom stereocenters. The van der Waals surface area contributed by atoms with Gasteiger partial charge in [-0.25, -0.2) is 4.79 Å². The van der Waals surface area contributed by atoms with Gasteiger partial charge in [-0.1, -0.05) is 46.1 Å². The summed E-state index contributed by atoms with van der Waals surface area (Å²) >= 11 is 0. The molecule has 0 spiro atoms. The van der Waals surface area contributed by atoms with Gasteiger partial charge in [-0.15, -0.1) is 0 Å². The van der Waals surface area contributed by atoms with E-state index >= 15 is 0 Å². The number of esters is 1. The van der Waals surface area contributed by atoms with Crippen molar-refractivity contribution in [1.29, 1.82) is 0 Å². The fourth-order valence-electron chi connectivity index (χ4n) is 2.00. The maximum absolute atomic E-state index is 10.9. The SMILES string of the molecule is C=CC(=O)OCCNC(C)(CCCC)CCCC. The number of carbonyl (C=O) groups excluding carboxylic acids is 1. The van der Waals surface area contributed by atoms with Crippen molar-refractivity contribution in [1.82, 2.24) is 5.32 Å².